The van der Waals surface area contributed by atoms with E-state index in [-0.39, 0.29) is 11.1 Å². The number of aromatic nitrogens is 1. The van der Waals surface area contributed by atoms with Gasteiger partial charge in [0.05, 0.1) is 0 Å². The van der Waals surface area contributed by atoms with E-state index in [1.165, 1.54) is 18.2 Å². The Balaban J connectivity index is 2.34. The molecule has 2 aromatic rings. The Labute approximate surface area is 106 Å². The molecule has 0 N–H and O–H groups in total. The highest BCUT2D eigenvalue weighted by molar-refractivity contribution is 6.19. The quantitative estimate of drug-likeness (QED) is 0.790. The molecule has 0 fully saturated rings. The summed E-state index contributed by atoms with van der Waals surface area (Å²) in [6.07, 6.45) is -4.03. The fraction of sp³-hybridized carbons (Fsp3) is 0.364. The maximum absolute atomic E-state index is 12.4. The molecule has 0 saturated carbocycles. The lowest BCUT2D eigenvalue weighted by atomic mass is 10.3. The molecule has 0 spiro atoms. The second-order valence-electron chi connectivity index (χ2n) is 3.58. The molecule has 0 aliphatic rings. The van der Waals surface area contributed by atoms with Crippen LogP contribution in [0.3, 0.4) is 0 Å². The molecule has 1 unspecified atom stereocenters. The SMILES string of the molecule is CCC(Cl)Oc1ccc2nc(C(F)(F)F)oc2c1. The third-order valence-corrected chi connectivity index (χ3v) is 2.59. The summed E-state index contributed by atoms with van der Waals surface area (Å²) < 4.78 is 47.0. The average molecular weight is 280 g/mol. The van der Waals surface area contributed by atoms with Crippen LogP contribution in [0.4, 0.5) is 13.2 Å². The molecule has 1 aromatic carbocycles. The number of rotatable bonds is 3. The molecule has 0 aliphatic carbocycles. The Morgan fingerprint density at radius 2 is 2.17 bits per heavy atom. The molecule has 98 valence electrons. The summed E-state index contributed by atoms with van der Waals surface area (Å²) in [6, 6.07) is 4.22. The molecular weight excluding hydrogens is 271 g/mol. The monoisotopic (exact) mass is 279 g/mol. The van der Waals surface area contributed by atoms with E-state index in [2.05, 4.69) is 9.40 Å². The van der Waals surface area contributed by atoms with Gasteiger partial charge in [0, 0.05) is 6.07 Å². The lowest BCUT2D eigenvalue weighted by Crippen LogP contribution is -2.06. The van der Waals surface area contributed by atoms with E-state index in [1.54, 1.807) is 0 Å². The van der Waals surface area contributed by atoms with Gasteiger partial charge in [0.1, 0.15) is 11.3 Å². The Morgan fingerprint density at radius 1 is 1.44 bits per heavy atom. The predicted octanol–water partition coefficient (Wildman–Crippen LogP) is 4.20. The van der Waals surface area contributed by atoms with Crippen LogP contribution in [0.15, 0.2) is 22.6 Å². The van der Waals surface area contributed by atoms with E-state index >= 15 is 0 Å². The number of oxazole rings is 1. The van der Waals surface area contributed by atoms with Gasteiger partial charge in [0.25, 0.3) is 0 Å². The molecule has 7 heteroatoms. The van der Waals surface area contributed by atoms with Crippen molar-refractivity contribution in [3.8, 4) is 5.75 Å². The molecule has 0 bridgehead atoms. The fourth-order valence-electron chi connectivity index (χ4n) is 1.33. The van der Waals surface area contributed by atoms with E-state index in [4.69, 9.17) is 16.3 Å². The summed E-state index contributed by atoms with van der Waals surface area (Å²) in [7, 11) is 0. The minimum absolute atomic E-state index is 0.0137. The van der Waals surface area contributed by atoms with Crippen molar-refractivity contribution < 1.29 is 22.3 Å². The zero-order valence-corrected chi connectivity index (χ0v) is 10.0. The first-order valence-electron chi connectivity index (χ1n) is 5.18. The van der Waals surface area contributed by atoms with Gasteiger partial charge in [-0.2, -0.15) is 13.2 Å². The van der Waals surface area contributed by atoms with Gasteiger partial charge in [0.2, 0.25) is 0 Å². The van der Waals surface area contributed by atoms with Crippen LogP contribution in [0.1, 0.15) is 19.2 Å². The van der Waals surface area contributed by atoms with Gasteiger partial charge >= 0.3 is 12.1 Å². The Hall–Kier alpha value is -1.43. The first kappa shape index (κ1) is 13.0. The summed E-state index contributed by atoms with van der Waals surface area (Å²) in [5.74, 6) is -0.929. The summed E-state index contributed by atoms with van der Waals surface area (Å²) in [6.45, 7) is 1.83. The van der Waals surface area contributed by atoms with Crippen LogP contribution in [-0.2, 0) is 6.18 Å². The van der Waals surface area contributed by atoms with Crippen molar-refractivity contribution in [2.45, 2.75) is 25.1 Å². The highest BCUT2D eigenvalue weighted by atomic mass is 35.5. The largest absolute Gasteiger partial charge is 0.475 e. The number of alkyl halides is 4. The highest BCUT2D eigenvalue weighted by Gasteiger charge is 2.37. The lowest BCUT2D eigenvalue weighted by molar-refractivity contribution is -0.156. The van der Waals surface area contributed by atoms with E-state index in [9.17, 15) is 13.2 Å². The number of nitrogens with zero attached hydrogens (tertiary/aromatic N) is 1. The number of benzene rings is 1. The molecule has 2 rings (SSSR count). The van der Waals surface area contributed by atoms with Crippen molar-refractivity contribution in [2.75, 3.05) is 0 Å². The third-order valence-electron chi connectivity index (χ3n) is 2.19. The van der Waals surface area contributed by atoms with Gasteiger partial charge in [-0.15, -0.1) is 0 Å². The number of fused-ring (bicyclic) bond motifs is 1. The normalized spacial score (nSPS) is 13.8. The van der Waals surface area contributed by atoms with Crippen molar-refractivity contribution >= 4 is 22.7 Å². The van der Waals surface area contributed by atoms with Crippen LogP contribution >= 0.6 is 11.6 Å². The average Bonchev–Trinajstić information content (AvgIpc) is 2.71. The number of halogens is 4. The fourth-order valence-corrected chi connectivity index (χ4v) is 1.43. The molecule has 0 radical (unpaired) electrons. The van der Waals surface area contributed by atoms with E-state index < -0.39 is 17.6 Å². The van der Waals surface area contributed by atoms with Crippen LogP contribution in [0, 0.1) is 0 Å². The second kappa shape index (κ2) is 4.68. The summed E-state index contributed by atoms with van der Waals surface area (Å²) in [4.78, 5) is 3.34. The molecule has 18 heavy (non-hydrogen) atoms. The topological polar surface area (TPSA) is 35.3 Å². The summed E-state index contributed by atoms with van der Waals surface area (Å²) in [5, 5.41) is 0. The maximum Gasteiger partial charge on any atom is 0.468 e. The van der Waals surface area contributed by atoms with Gasteiger partial charge in [-0.1, -0.05) is 18.5 Å². The second-order valence-corrected chi connectivity index (χ2v) is 4.07. The molecule has 0 amide bonds. The van der Waals surface area contributed by atoms with Gasteiger partial charge < -0.3 is 9.15 Å². The molecule has 1 aromatic heterocycles. The lowest BCUT2D eigenvalue weighted by Gasteiger charge is -2.09. The number of hydrogen-bond donors (Lipinski definition) is 0. The molecule has 0 saturated heterocycles. The van der Waals surface area contributed by atoms with Crippen molar-refractivity contribution in [2.24, 2.45) is 0 Å². The minimum Gasteiger partial charge on any atom is -0.475 e. The maximum atomic E-state index is 12.4. The number of ether oxygens (including phenoxy) is 1. The van der Waals surface area contributed by atoms with Gasteiger partial charge in [-0.3, -0.25) is 0 Å². The van der Waals surface area contributed by atoms with Crippen molar-refractivity contribution in [3.05, 3.63) is 24.1 Å². The molecule has 0 aliphatic heterocycles. The van der Waals surface area contributed by atoms with Crippen molar-refractivity contribution in [1.82, 2.24) is 4.98 Å². The van der Waals surface area contributed by atoms with E-state index in [1.807, 2.05) is 6.92 Å². The van der Waals surface area contributed by atoms with Crippen LogP contribution in [0.2, 0.25) is 0 Å². The zero-order chi connectivity index (χ0) is 13.3. The Bertz CT molecular complexity index is 553. The van der Waals surface area contributed by atoms with Gasteiger partial charge in [-0.05, 0) is 18.6 Å². The van der Waals surface area contributed by atoms with Crippen LogP contribution in [0.5, 0.6) is 5.75 Å². The standard InChI is InChI=1S/C11H9ClF3NO2/c1-2-9(12)17-6-3-4-7-8(5-6)18-10(16-7)11(13,14)15/h3-5,9H,2H2,1H3. The van der Waals surface area contributed by atoms with Crippen LogP contribution < -0.4 is 4.74 Å². The molecule has 3 nitrogen and oxygen atoms in total. The Morgan fingerprint density at radius 3 is 2.78 bits per heavy atom. The first-order chi connectivity index (χ1) is 8.40. The first-order valence-corrected chi connectivity index (χ1v) is 5.62. The van der Waals surface area contributed by atoms with E-state index in [0.29, 0.717) is 12.2 Å². The van der Waals surface area contributed by atoms with Gasteiger partial charge in [-0.25, -0.2) is 4.98 Å². The molecular formula is C11H9ClF3NO2. The van der Waals surface area contributed by atoms with E-state index in [0.717, 1.165) is 0 Å². The molecule has 1 atom stereocenters. The minimum atomic E-state index is -4.60. The number of hydrogen-bond acceptors (Lipinski definition) is 3. The third kappa shape index (κ3) is 2.69. The smallest absolute Gasteiger partial charge is 0.468 e. The summed E-state index contributed by atoms with van der Waals surface area (Å²) >= 11 is 5.78. The van der Waals surface area contributed by atoms with Crippen molar-refractivity contribution in [3.63, 3.8) is 0 Å². The van der Waals surface area contributed by atoms with Crippen LogP contribution in [-0.4, -0.2) is 10.5 Å². The van der Waals surface area contributed by atoms with Gasteiger partial charge in [0.15, 0.2) is 11.1 Å². The predicted molar refractivity (Wildman–Crippen MR) is 59.6 cm³/mol. The van der Waals surface area contributed by atoms with Crippen LogP contribution in [0.25, 0.3) is 11.1 Å². The molecule has 1 heterocycles. The van der Waals surface area contributed by atoms with Crippen molar-refractivity contribution in [1.29, 1.82) is 0 Å². The summed E-state index contributed by atoms with van der Waals surface area (Å²) in [5.41, 5.74) is -0.399. The zero-order valence-electron chi connectivity index (χ0n) is 9.29. The highest BCUT2D eigenvalue weighted by Crippen LogP contribution is 2.32. The Kier molecular flexibility index (Phi) is 3.38.